The molecule has 1 aromatic heterocycles. The number of amides is 1. The fourth-order valence-electron chi connectivity index (χ4n) is 2.31. The fraction of sp³-hybridized carbons (Fsp3) is 0.158. The summed E-state index contributed by atoms with van der Waals surface area (Å²) in [7, 11) is 0. The second-order valence-corrected chi connectivity index (χ2v) is 5.86. The van der Waals surface area contributed by atoms with E-state index in [2.05, 4.69) is 10.3 Å². The first-order chi connectivity index (χ1) is 11.5. The highest BCUT2D eigenvalue weighted by Gasteiger charge is 2.09. The van der Waals surface area contributed by atoms with Crippen molar-refractivity contribution >= 4 is 22.5 Å². The Balaban J connectivity index is 1.84. The molecule has 3 aromatic rings. The highest BCUT2D eigenvalue weighted by molar-refractivity contribution is 5.98. The van der Waals surface area contributed by atoms with Crippen LogP contribution in [0, 0.1) is 0 Å². The normalized spacial score (nSPS) is 10.8. The minimum Gasteiger partial charge on any atom is -0.439 e. The van der Waals surface area contributed by atoms with Crippen molar-refractivity contribution < 1.29 is 9.53 Å². The third kappa shape index (κ3) is 3.63. The fourth-order valence-corrected chi connectivity index (χ4v) is 2.31. The van der Waals surface area contributed by atoms with E-state index in [1.165, 1.54) is 0 Å². The van der Waals surface area contributed by atoms with Gasteiger partial charge in [0.2, 0.25) is 5.88 Å². The standard InChI is InChI=1S/C19H19N3O2/c1-12(2)21-19(23)14-3-9-17-13(11-14)4-10-18(22-17)24-16-7-5-15(20)6-8-16/h3-12H,20H2,1-2H3,(H,21,23). The number of rotatable bonds is 4. The number of nitrogen functional groups attached to an aromatic ring is 1. The van der Waals surface area contributed by atoms with Gasteiger partial charge in [-0.1, -0.05) is 0 Å². The minimum absolute atomic E-state index is 0.0888. The maximum Gasteiger partial charge on any atom is 0.251 e. The average Bonchev–Trinajstić information content (AvgIpc) is 2.56. The average molecular weight is 321 g/mol. The van der Waals surface area contributed by atoms with Crippen LogP contribution >= 0.6 is 0 Å². The number of nitrogens with one attached hydrogen (secondary N) is 1. The van der Waals surface area contributed by atoms with E-state index in [0.717, 1.165) is 10.9 Å². The Morgan fingerprint density at radius 2 is 1.83 bits per heavy atom. The van der Waals surface area contributed by atoms with E-state index in [-0.39, 0.29) is 11.9 Å². The zero-order chi connectivity index (χ0) is 17.1. The van der Waals surface area contributed by atoms with Crippen LogP contribution in [-0.4, -0.2) is 16.9 Å². The molecule has 24 heavy (non-hydrogen) atoms. The molecule has 5 nitrogen and oxygen atoms in total. The second-order valence-electron chi connectivity index (χ2n) is 5.86. The Hall–Kier alpha value is -3.08. The number of fused-ring (bicyclic) bond motifs is 1. The Morgan fingerprint density at radius 3 is 2.54 bits per heavy atom. The van der Waals surface area contributed by atoms with Crippen LogP contribution in [-0.2, 0) is 0 Å². The molecule has 0 bridgehead atoms. The molecule has 0 aliphatic carbocycles. The van der Waals surface area contributed by atoms with Gasteiger partial charge in [-0.05, 0) is 62.4 Å². The Bertz CT molecular complexity index is 873. The van der Waals surface area contributed by atoms with E-state index in [1.807, 2.05) is 32.0 Å². The molecule has 1 heterocycles. The number of ether oxygens (including phenoxy) is 1. The van der Waals surface area contributed by atoms with E-state index in [4.69, 9.17) is 10.5 Å². The van der Waals surface area contributed by atoms with Crippen LogP contribution < -0.4 is 15.8 Å². The van der Waals surface area contributed by atoms with Gasteiger partial charge in [0, 0.05) is 28.7 Å². The molecule has 0 atom stereocenters. The highest BCUT2D eigenvalue weighted by Crippen LogP contribution is 2.23. The summed E-state index contributed by atoms with van der Waals surface area (Å²) in [5.41, 5.74) is 7.72. The van der Waals surface area contributed by atoms with Crippen molar-refractivity contribution in [3.63, 3.8) is 0 Å². The van der Waals surface area contributed by atoms with E-state index in [1.54, 1.807) is 36.4 Å². The molecule has 0 aliphatic heterocycles. The number of aromatic nitrogens is 1. The largest absolute Gasteiger partial charge is 0.439 e. The molecule has 0 unspecified atom stereocenters. The van der Waals surface area contributed by atoms with Gasteiger partial charge in [0.05, 0.1) is 5.52 Å². The van der Waals surface area contributed by atoms with E-state index >= 15 is 0 Å². The number of benzene rings is 2. The van der Waals surface area contributed by atoms with Gasteiger partial charge in [0.25, 0.3) is 5.91 Å². The maximum atomic E-state index is 12.1. The van der Waals surface area contributed by atoms with E-state index < -0.39 is 0 Å². The second kappa shape index (κ2) is 6.58. The SMILES string of the molecule is CC(C)NC(=O)c1ccc2nc(Oc3ccc(N)cc3)ccc2c1. The molecule has 3 rings (SSSR count). The lowest BCUT2D eigenvalue weighted by Gasteiger charge is -2.09. The summed E-state index contributed by atoms with van der Waals surface area (Å²) in [5, 5.41) is 3.76. The van der Waals surface area contributed by atoms with Crippen molar-refractivity contribution in [2.24, 2.45) is 0 Å². The molecule has 5 heteroatoms. The molecule has 3 N–H and O–H groups in total. The van der Waals surface area contributed by atoms with Crippen molar-refractivity contribution in [2.45, 2.75) is 19.9 Å². The van der Waals surface area contributed by atoms with Crippen LogP contribution in [0.1, 0.15) is 24.2 Å². The van der Waals surface area contributed by atoms with Gasteiger partial charge in [-0.3, -0.25) is 4.79 Å². The number of carbonyl (C=O) groups is 1. The molecule has 122 valence electrons. The Morgan fingerprint density at radius 1 is 1.08 bits per heavy atom. The maximum absolute atomic E-state index is 12.1. The van der Waals surface area contributed by atoms with Crippen molar-refractivity contribution in [3.05, 3.63) is 60.2 Å². The van der Waals surface area contributed by atoms with Gasteiger partial charge in [-0.25, -0.2) is 4.98 Å². The monoisotopic (exact) mass is 321 g/mol. The number of hydrogen-bond donors (Lipinski definition) is 2. The molecule has 0 saturated heterocycles. The number of pyridine rings is 1. The number of nitrogens with two attached hydrogens (primary N) is 1. The number of hydrogen-bond acceptors (Lipinski definition) is 4. The molecule has 0 saturated carbocycles. The lowest BCUT2D eigenvalue weighted by Crippen LogP contribution is -2.29. The van der Waals surface area contributed by atoms with Gasteiger partial charge in [-0.2, -0.15) is 0 Å². The third-order valence-electron chi connectivity index (χ3n) is 3.45. The van der Waals surface area contributed by atoms with Crippen molar-refractivity contribution in [2.75, 3.05) is 5.73 Å². The molecule has 2 aromatic carbocycles. The Labute approximate surface area is 140 Å². The van der Waals surface area contributed by atoms with Crippen LogP contribution in [0.3, 0.4) is 0 Å². The zero-order valence-corrected chi connectivity index (χ0v) is 13.6. The molecular weight excluding hydrogens is 302 g/mol. The summed E-state index contributed by atoms with van der Waals surface area (Å²) in [5.74, 6) is 1.07. The topological polar surface area (TPSA) is 77.2 Å². The number of nitrogens with zero attached hydrogens (tertiary/aromatic N) is 1. The van der Waals surface area contributed by atoms with Crippen LogP contribution in [0.15, 0.2) is 54.6 Å². The van der Waals surface area contributed by atoms with Gasteiger partial charge in [0.1, 0.15) is 5.75 Å². The van der Waals surface area contributed by atoms with Crippen LogP contribution in [0.2, 0.25) is 0 Å². The summed E-state index contributed by atoms with van der Waals surface area (Å²) in [6.45, 7) is 3.86. The summed E-state index contributed by atoms with van der Waals surface area (Å²) < 4.78 is 5.73. The number of anilines is 1. The molecule has 0 radical (unpaired) electrons. The van der Waals surface area contributed by atoms with Crippen molar-refractivity contribution in [1.82, 2.24) is 10.3 Å². The summed E-state index contributed by atoms with van der Waals surface area (Å²) in [6, 6.07) is 16.3. The predicted octanol–water partition coefficient (Wildman–Crippen LogP) is 3.75. The minimum atomic E-state index is -0.0888. The smallest absolute Gasteiger partial charge is 0.251 e. The summed E-state index contributed by atoms with van der Waals surface area (Å²) >= 11 is 0. The molecular formula is C19H19N3O2. The van der Waals surface area contributed by atoms with Gasteiger partial charge >= 0.3 is 0 Å². The van der Waals surface area contributed by atoms with E-state index in [0.29, 0.717) is 22.9 Å². The molecule has 0 aliphatic rings. The van der Waals surface area contributed by atoms with Crippen LogP contribution in [0.5, 0.6) is 11.6 Å². The first-order valence-electron chi connectivity index (χ1n) is 7.76. The predicted molar refractivity (Wildman–Crippen MR) is 95.3 cm³/mol. The lowest BCUT2D eigenvalue weighted by atomic mass is 10.1. The molecule has 0 fully saturated rings. The number of carbonyl (C=O) groups excluding carboxylic acids is 1. The first kappa shape index (κ1) is 15.8. The molecule has 1 amide bonds. The van der Waals surface area contributed by atoms with Crippen molar-refractivity contribution in [1.29, 1.82) is 0 Å². The van der Waals surface area contributed by atoms with Gasteiger partial charge in [-0.15, -0.1) is 0 Å². The van der Waals surface area contributed by atoms with Crippen LogP contribution in [0.25, 0.3) is 10.9 Å². The van der Waals surface area contributed by atoms with E-state index in [9.17, 15) is 4.79 Å². The first-order valence-corrected chi connectivity index (χ1v) is 7.76. The third-order valence-corrected chi connectivity index (χ3v) is 3.45. The zero-order valence-electron chi connectivity index (χ0n) is 13.6. The van der Waals surface area contributed by atoms with Crippen LogP contribution in [0.4, 0.5) is 5.69 Å². The Kier molecular flexibility index (Phi) is 4.33. The quantitative estimate of drug-likeness (QED) is 0.718. The summed E-state index contributed by atoms with van der Waals surface area (Å²) in [6.07, 6.45) is 0. The highest BCUT2D eigenvalue weighted by atomic mass is 16.5. The summed E-state index contributed by atoms with van der Waals surface area (Å²) in [4.78, 5) is 16.5. The van der Waals surface area contributed by atoms with Crippen molar-refractivity contribution in [3.8, 4) is 11.6 Å². The van der Waals surface area contributed by atoms with Gasteiger partial charge < -0.3 is 15.8 Å². The van der Waals surface area contributed by atoms with Gasteiger partial charge in [0.15, 0.2) is 0 Å². The lowest BCUT2D eigenvalue weighted by molar-refractivity contribution is 0.0943. The molecule has 0 spiro atoms.